The van der Waals surface area contributed by atoms with Gasteiger partial charge in [0.1, 0.15) is 0 Å². The van der Waals surface area contributed by atoms with Crippen molar-refractivity contribution in [2.75, 3.05) is 0 Å². The van der Waals surface area contributed by atoms with E-state index in [0.717, 1.165) is 37.9 Å². The molecule has 22 heavy (non-hydrogen) atoms. The summed E-state index contributed by atoms with van der Waals surface area (Å²) in [6, 6.07) is 0. The number of aromatic nitrogens is 3. The molecule has 0 fully saturated rings. The van der Waals surface area contributed by atoms with Gasteiger partial charge < -0.3 is 0 Å². The third-order valence-corrected chi connectivity index (χ3v) is 3.11. The highest BCUT2D eigenvalue weighted by Crippen LogP contribution is 2.04. The quantitative estimate of drug-likeness (QED) is 0.492. The van der Waals surface area contributed by atoms with Crippen molar-refractivity contribution in [3.8, 4) is 0 Å². The van der Waals surface area contributed by atoms with Gasteiger partial charge in [-0.05, 0) is 19.3 Å². The van der Waals surface area contributed by atoms with E-state index in [4.69, 9.17) is 0 Å². The minimum Gasteiger partial charge on any atom is -0.252 e. The Morgan fingerprint density at radius 1 is 0.909 bits per heavy atom. The molecule has 1 aromatic rings. The molecule has 0 spiro atoms. The molecule has 0 bridgehead atoms. The van der Waals surface area contributed by atoms with Crippen LogP contribution in [0.25, 0.3) is 0 Å². The van der Waals surface area contributed by atoms with Gasteiger partial charge in [0, 0.05) is 12.7 Å². The second kappa shape index (κ2) is 20.1. The fraction of sp³-hybridized carbons (Fsp3) is 0.789. The highest BCUT2D eigenvalue weighted by Gasteiger charge is 1.99. The minimum atomic E-state index is 0.982. The lowest BCUT2D eigenvalue weighted by atomic mass is 10.2. The number of hydrogen-bond acceptors (Lipinski definition) is 2. The third-order valence-electron chi connectivity index (χ3n) is 3.11. The van der Waals surface area contributed by atoms with E-state index in [1.54, 1.807) is 0 Å². The van der Waals surface area contributed by atoms with E-state index in [1.807, 2.05) is 18.5 Å². The van der Waals surface area contributed by atoms with Gasteiger partial charge in [0.15, 0.2) is 0 Å². The first-order valence-electron chi connectivity index (χ1n) is 9.25. The largest absolute Gasteiger partial charge is 0.252 e. The summed E-state index contributed by atoms with van der Waals surface area (Å²) in [5.41, 5.74) is 1.14. The zero-order valence-electron chi connectivity index (χ0n) is 15.6. The van der Waals surface area contributed by atoms with Gasteiger partial charge in [-0.3, -0.25) is 4.68 Å². The van der Waals surface area contributed by atoms with Crippen molar-refractivity contribution in [1.82, 2.24) is 15.0 Å². The zero-order chi connectivity index (χ0) is 17.1. The van der Waals surface area contributed by atoms with Gasteiger partial charge in [-0.15, -0.1) is 5.10 Å². The van der Waals surface area contributed by atoms with Crippen LogP contribution in [0.2, 0.25) is 0 Å². The van der Waals surface area contributed by atoms with Crippen molar-refractivity contribution in [3.63, 3.8) is 0 Å². The van der Waals surface area contributed by atoms with E-state index in [-0.39, 0.29) is 0 Å². The second-order valence-corrected chi connectivity index (χ2v) is 5.20. The van der Waals surface area contributed by atoms with Crippen LogP contribution >= 0.6 is 0 Å². The van der Waals surface area contributed by atoms with Gasteiger partial charge in [0.2, 0.25) is 0 Å². The normalized spacial score (nSPS) is 9.55. The maximum Gasteiger partial charge on any atom is 0.0827 e. The summed E-state index contributed by atoms with van der Waals surface area (Å²) < 4.78 is 1.96. The topological polar surface area (TPSA) is 30.7 Å². The Kier molecular flexibility index (Phi) is 21.4. The molecule has 130 valence electrons. The molecular weight excluding hydrogens is 270 g/mol. The van der Waals surface area contributed by atoms with E-state index in [1.165, 1.54) is 38.5 Å². The average Bonchev–Trinajstić information content (AvgIpc) is 2.99. The van der Waals surface area contributed by atoms with Crippen molar-refractivity contribution >= 4 is 0 Å². The van der Waals surface area contributed by atoms with Crippen LogP contribution in [0.4, 0.5) is 0 Å². The van der Waals surface area contributed by atoms with Crippen LogP contribution in [-0.4, -0.2) is 15.0 Å². The molecule has 0 aromatic carbocycles. The summed E-state index contributed by atoms with van der Waals surface area (Å²) in [6.07, 6.45) is 13.9. The van der Waals surface area contributed by atoms with Crippen molar-refractivity contribution in [2.45, 2.75) is 98.4 Å². The third kappa shape index (κ3) is 15.5. The summed E-state index contributed by atoms with van der Waals surface area (Å²) >= 11 is 0. The monoisotopic (exact) mass is 309 g/mol. The molecule has 2 radical (unpaired) electrons. The molecule has 0 unspecified atom stereocenters. The van der Waals surface area contributed by atoms with Crippen molar-refractivity contribution in [3.05, 3.63) is 25.7 Å². The highest BCUT2D eigenvalue weighted by atomic mass is 15.4. The second-order valence-electron chi connectivity index (χ2n) is 5.20. The Hall–Kier alpha value is -0.860. The van der Waals surface area contributed by atoms with Gasteiger partial charge in [-0.25, -0.2) is 0 Å². The lowest BCUT2D eigenvalue weighted by molar-refractivity contribution is 0.543. The SMILES string of the molecule is CC.[CH2]CCCC.[CH2]CCCCn1cc(CCCCC)nn1. The molecule has 1 heterocycles. The molecule has 0 saturated carbocycles. The van der Waals surface area contributed by atoms with E-state index in [0.29, 0.717) is 0 Å². The molecule has 0 aliphatic heterocycles. The van der Waals surface area contributed by atoms with Gasteiger partial charge in [0.25, 0.3) is 0 Å². The van der Waals surface area contributed by atoms with Crippen molar-refractivity contribution in [2.24, 2.45) is 0 Å². The van der Waals surface area contributed by atoms with Crippen molar-refractivity contribution < 1.29 is 0 Å². The van der Waals surface area contributed by atoms with E-state index in [2.05, 4.69) is 44.2 Å². The van der Waals surface area contributed by atoms with E-state index in [9.17, 15) is 0 Å². The molecule has 0 N–H and O–H groups in total. The molecule has 0 saturated heterocycles. The molecule has 1 rings (SSSR count). The summed E-state index contributed by atoms with van der Waals surface area (Å²) in [6.45, 7) is 16.9. The Labute approximate surface area is 139 Å². The lowest BCUT2D eigenvalue weighted by Crippen LogP contribution is -1.98. The predicted molar refractivity (Wildman–Crippen MR) is 98.7 cm³/mol. The number of unbranched alkanes of at least 4 members (excludes halogenated alkanes) is 6. The predicted octanol–water partition coefficient (Wildman–Crippen LogP) is 6.05. The van der Waals surface area contributed by atoms with Gasteiger partial charge in [-0.2, -0.15) is 0 Å². The minimum absolute atomic E-state index is 0.982. The van der Waals surface area contributed by atoms with Crippen LogP contribution in [0.3, 0.4) is 0 Å². The number of rotatable bonds is 10. The van der Waals surface area contributed by atoms with Crippen LogP contribution in [-0.2, 0) is 13.0 Å². The van der Waals surface area contributed by atoms with E-state index < -0.39 is 0 Å². The standard InChI is InChI=1S/C12H22N3.C5H11.C2H6/c1-3-5-7-9-12-11-15(14-13-12)10-8-6-4-2;1-3-5-4-2;1-2/h11H,2-10H2,1H3;1,3-5H2,2H3;1-2H3. The lowest BCUT2D eigenvalue weighted by Gasteiger charge is -1.97. The number of nitrogens with zero attached hydrogens (tertiary/aromatic N) is 3. The highest BCUT2D eigenvalue weighted by molar-refractivity contribution is 4.92. The van der Waals surface area contributed by atoms with Gasteiger partial charge in [0.05, 0.1) is 5.69 Å². The number of hydrogen-bond donors (Lipinski definition) is 0. The fourth-order valence-corrected chi connectivity index (χ4v) is 1.82. The van der Waals surface area contributed by atoms with Crippen LogP contribution in [0.15, 0.2) is 6.20 Å². The van der Waals surface area contributed by atoms with Crippen LogP contribution in [0.1, 0.15) is 91.2 Å². The molecule has 0 aliphatic rings. The summed E-state index contributed by atoms with van der Waals surface area (Å²) in [5, 5.41) is 8.28. The van der Waals surface area contributed by atoms with Gasteiger partial charge in [-0.1, -0.05) is 91.7 Å². The Morgan fingerprint density at radius 2 is 1.55 bits per heavy atom. The molecular formula is C19H39N3. The first kappa shape index (κ1) is 23.4. The smallest absolute Gasteiger partial charge is 0.0827 e. The summed E-state index contributed by atoms with van der Waals surface area (Å²) in [7, 11) is 0. The number of aryl methyl sites for hydroxylation is 2. The molecule has 0 amide bonds. The zero-order valence-corrected chi connectivity index (χ0v) is 15.6. The first-order chi connectivity index (χ1) is 10.8. The molecule has 1 aromatic heterocycles. The van der Waals surface area contributed by atoms with Gasteiger partial charge >= 0.3 is 0 Å². The average molecular weight is 310 g/mol. The first-order valence-corrected chi connectivity index (χ1v) is 9.25. The van der Waals surface area contributed by atoms with Crippen LogP contribution in [0, 0.1) is 13.8 Å². The van der Waals surface area contributed by atoms with Crippen LogP contribution < -0.4 is 0 Å². The molecule has 0 atom stereocenters. The van der Waals surface area contributed by atoms with Crippen LogP contribution in [0.5, 0.6) is 0 Å². The molecule has 3 heteroatoms. The maximum atomic E-state index is 4.16. The Morgan fingerprint density at radius 3 is 2.05 bits per heavy atom. The maximum absolute atomic E-state index is 4.16. The summed E-state index contributed by atoms with van der Waals surface area (Å²) in [5.74, 6) is 0. The van der Waals surface area contributed by atoms with E-state index >= 15 is 0 Å². The molecule has 0 aliphatic carbocycles. The van der Waals surface area contributed by atoms with Crippen molar-refractivity contribution in [1.29, 1.82) is 0 Å². The molecule has 3 nitrogen and oxygen atoms in total. The fourth-order valence-electron chi connectivity index (χ4n) is 1.82. The Bertz CT molecular complexity index is 268. The Balaban J connectivity index is 0. The summed E-state index contributed by atoms with van der Waals surface area (Å²) in [4.78, 5) is 0.